The molecule has 0 amide bonds. The van der Waals surface area contributed by atoms with Crippen molar-refractivity contribution in [3.63, 3.8) is 0 Å². The molecule has 0 radical (unpaired) electrons. The summed E-state index contributed by atoms with van der Waals surface area (Å²) in [6.07, 6.45) is 6.63. The fourth-order valence-electron chi connectivity index (χ4n) is 2.85. The molecule has 1 aromatic rings. The molecule has 2 unspecified atom stereocenters. The van der Waals surface area contributed by atoms with Gasteiger partial charge in [0.2, 0.25) is 0 Å². The van der Waals surface area contributed by atoms with Crippen LogP contribution >= 0.6 is 11.8 Å². The van der Waals surface area contributed by atoms with Gasteiger partial charge in [-0.3, -0.25) is 10.1 Å². The average molecular weight is 383 g/mol. The number of nitrogens with zero attached hydrogens (tertiary/aromatic N) is 1. The van der Waals surface area contributed by atoms with Gasteiger partial charge in [0.05, 0.1) is 15.9 Å². The normalized spacial score (nSPS) is 13.8. The van der Waals surface area contributed by atoms with Crippen LogP contribution in [0.1, 0.15) is 77.9 Å². The zero-order valence-electron chi connectivity index (χ0n) is 16.5. The van der Waals surface area contributed by atoms with E-state index >= 15 is 0 Å². The average Bonchev–Trinajstić information content (AvgIpc) is 2.59. The van der Waals surface area contributed by atoms with Gasteiger partial charge in [0.15, 0.2) is 0 Å². The summed E-state index contributed by atoms with van der Waals surface area (Å²) in [6, 6.07) is 4.92. The third-order valence-corrected chi connectivity index (χ3v) is 5.42. The molecule has 0 fully saturated rings. The quantitative estimate of drug-likeness (QED) is 0.205. The Hall–Kier alpha value is -1.11. The first-order chi connectivity index (χ1) is 12.4. The Balaban J connectivity index is 2.58. The molecule has 0 bridgehead atoms. The van der Waals surface area contributed by atoms with Crippen LogP contribution in [0.4, 0.5) is 5.69 Å². The summed E-state index contributed by atoms with van der Waals surface area (Å²) in [4.78, 5) is 11.6. The van der Waals surface area contributed by atoms with Gasteiger partial charge in [0.1, 0.15) is 0 Å². The van der Waals surface area contributed by atoms with E-state index in [-0.39, 0.29) is 21.9 Å². The maximum absolute atomic E-state index is 11.4. The number of nitro groups is 1. The van der Waals surface area contributed by atoms with Crippen LogP contribution in [-0.4, -0.2) is 27.9 Å². The van der Waals surface area contributed by atoms with E-state index in [2.05, 4.69) is 12.2 Å². The lowest BCUT2D eigenvalue weighted by molar-refractivity contribution is -0.387. The molecule has 0 heterocycles. The molecular weight excluding hydrogens is 348 g/mol. The van der Waals surface area contributed by atoms with E-state index in [1.165, 1.54) is 49.9 Å². The summed E-state index contributed by atoms with van der Waals surface area (Å²) in [5.41, 5.74) is 0.663. The summed E-state index contributed by atoms with van der Waals surface area (Å²) in [7, 11) is 0. The lowest BCUT2D eigenvalue weighted by Crippen LogP contribution is -2.32. The molecule has 0 aliphatic carbocycles. The summed E-state index contributed by atoms with van der Waals surface area (Å²) in [6.45, 7) is 9.00. The molecule has 0 saturated carbocycles. The van der Waals surface area contributed by atoms with Crippen LogP contribution in [-0.2, 0) is 0 Å². The highest BCUT2D eigenvalue weighted by Gasteiger charge is 2.22. The van der Waals surface area contributed by atoms with Gasteiger partial charge < -0.3 is 10.4 Å². The van der Waals surface area contributed by atoms with Gasteiger partial charge in [-0.25, -0.2) is 0 Å². The largest absolute Gasteiger partial charge is 0.387 e. The third kappa shape index (κ3) is 8.06. The third-order valence-electron chi connectivity index (χ3n) is 4.35. The van der Waals surface area contributed by atoms with E-state index in [0.717, 1.165) is 13.0 Å². The van der Waals surface area contributed by atoms with Crippen molar-refractivity contribution in [2.45, 2.75) is 88.5 Å². The monoisotopic (exact) mass is 382 g/mol. The van der Waals surface area contributed by atoms with Crippen molar-refractivity contribution in [1.82, 2.24) is 5.32 Å². The van der Waals surface area contributed by atoms with Crippen molar-refractivity contribution in [2.24, 2.45) is 0 Å². The van der Waals surface area contributed by atoms with E-state index < -0.39 is 6.10 Å². The first kappa shape index (κ1) is 22.9. The second-order valence-corrected chi connectivity index (χ2v) is 8.72. The maximum Gasteiger partial charge on any atom is 0.283 e. The smallest absolute Gasteiger partial charge is 0.283 e. The van der Waals surface area contributed by atoms with E-state index in [0.29, 0.717) is 10.5 Å². The number of aliphatic hydroxyl groups is 1. The molecule has 0 saturated heterocycles. The van der Waals surface area contributed by atoms with Crippen LogP contribution in [0.15, 0.2) is 23.1 Å². The Labute approximate surface area is 162 Å². The molecule has 1 aromatic carbocycles. The van der Waals surface area contributed by atoms with Gasteiger partial charge in [-0.1, -0.05) is 58.9 Å². The number of aliphatic hydroxyl groups excluding tert-OH is 1. The van der Waals surface area contributed by atoms with Crippen molar-refractivity contribution in [2.75, 3.05) is 6.54 Å². The van der Waals surface area contributed by atoms with E-state index in [9.17, 15) is 15.2 Å². The number of hydrogen-bond acceptors (Lipinski definition) is 5. The molecule has 0 aromatic heterocycles. The van der Waals surface area contributed by atoms with Crippen molar-refractivity contribution < 1.29 is 10.0 Å². The highest BCUT2D eigenvalue weighted by atomic mass is 32.2. The van der Waals surface area contributed by atoms with Crippen LogP contribution in [0.2, 0.25) is 0 Å². The number of rotatable bonds is 13. The Bertz CT molecular complexity index is 552. The summed E-state index contributed by atoms with van der Waals surface area (Å²) >= 11 is 1.47. The number of nitro benzene ring substituents is 1. The molecular formula is C20H34N2O3S. The first-order valence-electron chi connectivity index (χ1n) is 9.73. The van der Waals surface area contributed by atoms with Gasteiger partial charge in [-0.05, 0) is 31.5 Å². The minimum Gasteiger partial charge on any atom is -0.387 e. The predicted molar refractivity (Wildman–Crippen MR) is 110 cm³/mol. The van der Waals surface area contributed by atoms with E-state index in [1.807, 2.05) is 20.8 Å². The number of hydrogen-bond donors (Lipinski definition) is 2. The Morgan fingerprint density at radius 2 is 1.81 bits per heavy atom. The lowest BCUT2D eigenvalue weighted by Gasteiger charge is -2.21. The Morgan fingerprint density at radius 3 is 2.42 bits per heavy atom. The highest BCUT2D eigenvalue weighted by molar-refractivity contribution is 8.00. The van der Waals surface area contributed by atoms with Gasteiger partial charge in [-0.2, -0.15) is 0 Å². The Kier molecular flexibility index (Phi) is 10.9. The number of benzene rings is 1. The zero-order valence-corrected chi connectivity index (χ0v) is 17.3. The highest BCUT2D eigenvalue weighted by Crippen LogP contribution is 2.34. The fourth-order valence-corrected chi connectivity index (χ4v) is 3.76. The standard InChI is InChI=1S/C20H34N2O3S/c1-5-6-7-8-9-10-13-21-16(4)20(23)17-11-12-19(26-15(2)3)18(14-17)22(24)25/h11-12,14-16,20-21,23H,5-10,13H2,1-4H3. The zero-order chi connectivity index (χ0) is 19.5. The van der Waals surface area contributed by atoms with Gasteiger partial charge in [0.25, 0.3) is 5.69 Å². The second-order valence-electron chi connectivity index (χ2n) is 7.11. The fraction of sp³-hybridized carbons (Fsp3) is 0.700. The number of nitrogens with one attached hydrogen (secondary N) is 1. The van der Waals surface area contributed by atoms with Crippen LogP contribution in [0.3, 0.4) is 0 Å². The van der Waals surface area contributed by atoms with Crippen LogP contribution in [0, 0.1) is 10.1 Å². The summed E-state index contributed by atoms with van der Waals surface area (Å²) in [5.74, 6) is 0. The van der Waals surface area contributed by atoms with E-state index in [1.54, 1.807) is 12.1 Å². The second kappa shape index (κ2) is 12.3. The minimum atomic E-state index is -0.758. The summed E-state index contributed by atoms with van der Waals surface area (Å²) in [5, 5.41) is 25.5. The molecule has 0 spiro atoms. The van der Waals surface area contributed by atoms with Crippen molar-refractivity contribution in [3.05, 3.63) is 33.9 Å². The number of unbranched alkanes of at least 4 members (excludes halogenated alkanes) is 5. The first-order valence-corrected chi connectivity index (χ1v) is 10.6. The maximum atomic E-state index is 11.4. The molecule has 0 aliphatic rings. The SMILES string of the molecule is CCCCCCCCNC(C)C(O)c1ccc(SC(C)C)c([N+](=O)[O-])c1. The van der Waals surface area contributed by atoms with Gasteiger partial charge >= 0.3 is 0 Å². The molecule has 2 atom stereocenters. The van der Waals surface area contributed by atoms with Crippen molar-refractivity contribution in [3.8, 4) is 0 Å². The number of thioether (sulfide) groups is 1. The molecule has 6 heteroatoms. The van der Waals surface area contributed by atoms with E-state index in [4.69, 9.17) is 0 Å². The molecule has 26 heavy (non-hydrogen) atoms. The van der Waals surface area contributed by atoms with Crippen LogP contribution in [0.5, 0.6) is 0 Å². The molecule has 1 rings (SSSR count). The lowest BCUT2D eigenvalue weighted by atomic mass is 10.0. The predicted octanol–water partition coefficient (Wildman–Crippen LogP) is 5.47. The Morgan fingerprint density at radius 1 is 1.15 bits per heavy atom. The topological polar surface area (TPSA) is 75.4 Å². The molecule has 5 nitrogen and oxygen atoms in total. The van der Waals surface area contributed by atoms with Crippen molar-refractivity contribution in [1.29, 1.82) is 0 Å². The summed E-state index contributed by atoms with van der Waals surface area (Å²) < 4.78 is 0. The molecule has 148 valence electrons. The van der Waals surface area contributed by atoms with Gasteiger partial charge in [-0.15, -0.1) is 11.8 Å². The van der Waals surface area contributed by atoms with Gasteiger partial charge in [0, 0.05) is 17.4 Å². The van der Waals surface area contributed by atoms with Crippen molar-refractivity contribution >= 4 is 17.4 Å². The van der Waals surface area contributed by atoms with Crippen LogP contribution in [0.25, 0.3) is 0 Å². The minimum absolute atomic E-state index is 0.0726. The van der Waals surface area contributed by atoms with Crippen LogP contribution < -0.4 is 5.32 Å². The molecule has 0 aliphatic heterocycles. The molecule has 2 N–H and O–H groups in total.